The summed E-state index contributed by atoms with van der Waals surface area (Å²) in [6.07, 6.45) is 1.07. The van der Waals surface area contributed by atoms with Crippen LogP contribution in [0.5, 0.6) is 0 Å². The van der Waals surface area contributed by atoms with Crippen LogP contribution in [0, 0.1) is 6.92 Å². The predicted molar refractivity (Wildman–Crippen MR) is 79.6 cm³/mol. The number of hydrogen-bond donors (Lipinski definition) is 2. The molecule has 106 valence electrons. The first-order valence-electron chi connectivity index (χ1n) is 5.34. The Morgan fingerprint density at radius 2 is 2.10 bits per heavy atom. The highest BCUT2D eigenvalue weighted by molar-refractivity contribution is 9.10. The number of nitrogens with zero attached hydrogens (tertiary/aromatic N) is 1. The molecule has 0 fully saturated rings. The molecule has 0 saturated carbocycles. The lowest BCUT2D eigenvalue weighted by atomic mass is 10.4. The molecule has 0 bridgehead atoms. The Bertz CT molecular complexity index is 820. The van der Waals surface area contributed by atoms with Gasteiger partial charge in [-0.3, -0.25) is 9.52 Å². The molecule has 6 nitrogen and oxygen atoms in total. The average Bonchev–Trinajstić information content (AvgIpc) is 2.37. The second kappa shape index (κ2) is 5.55. The molecule has 0 aromatic carbocycles. The number of sulfonamides is 1. The van der Waals surface area contributed by atoms with Crippen molar-refractivity contribution in [2.75, 3.05) is 4.72 Å². The van der Waals surface area contributed by atoms with Gasteiger partial charge in [-0.2, -0.15) is 0 Å². The molecule has 0 saturated heterocycles. The van der Waals surface area contributed by atoms with E-state index in [2.05, 4.69) is 30.6 Å². The molecular weight excluding hydrogens is 370 g/mol. The Hall–Kier alpha value is -1.38. The molecule has 0 amide bonds. The highest BCUT2D eigenvalue weighted by Gasteiger charge is 2.16. The number of aromatic nitrogens is 2. The molecule has 2 aromatic rings. The lowest BCUT2D eigenvalue weighted by Crippen LogP contribution is -2.16. The van der Waals surface area contributed by atoms with Gasteiger partial charge in [0.25, 0.3) is 15.6 Å². The Balaban J connectivity index is 2.37. The molecule has 2 heterocycles. The standard InChI is InChI=1S/C11H9BrClN3O3S/c1-6-8(12)2-3-10(15-6)16-20(18,19)7-4-9(13)11(17)14-5-7/h2-5H,1H3,(H,14,17)(H,15,16). The van der Waals surface area contributed by atoms with Crippen molar-refractivity contribution in [3.63, 3.8) is 0 Å². The van der Waals surface area contributed by atoms with Gasteiger partial charge in [-0.1, -0.05) is 11.6 Å². The number of nitrogens with one attached hydrogen (secondary N) is 2. The van der Waals surface area contributed by atoms with Gasteiger partial charge in [-0.05, 0) is 41.1 Å². The lowest BCUT2D eigenvalue weighted by Gasteiger charge is -2.08. The number of aromatic amines is 1. The van der Waals surface area contributed by atoms with Crippen molar-refractivity contribution in [2.24, 2.45) is 0 Å². The SMILES string of the molecule is Cc1nc(NS(=O)(=O)c2c[nH]c(=O)c(Cl)c2)ccc1Br. The Morgan fingerprint density at radius 1 is 1.40 bits per heavy atom. The van der Waals surface area contributed by atoms with E-state index in [4.69, 9.17) is 11.6 Å². The zero-order valence-electron chi connectivity index (χ0n) is 10.1. The van der Waals surface area contributed by atoms with E-state index in [1.165, 1.54) is 6.07 Å². The van der Waals surface area contributed by atoms with Gasteiger partial charge in [0.15, 0.2) is 0 Å². The number of anilines is 1. The van der Waals surface area contributed by atoms with Crippen LogP contribution in [-0.2, 0) is 10.0 Å². The van der Waals surface area contributed by atoms with Crippen molar-refractivity contribution in [2.45, 2.75) is 11.8 Å². The second-order valence-electron chi connectivity index (χ2n) is 3.88. The summed E-state index contributed by atoms with van der Waals surface area (Å²) < 4.78 is 27.3. The highest BCUT2D eigenvalue weighted by Crippen LogP contribution is 2.19. The lowest BCUT2D eigenvalue weighted by molar-refractivity contribution is 0.600. The summed E-state index contributed by atoms with van der Waals surface area (Å²) in [5, 5.41) is -0.201. The molecule has 0 radical (unpaired) electrons. The number of hydrogen-bond acceptors (Lipinski definition) is 4. The number of pyridine rings is 2. The molecule has 9 heteroatoms. The predicted octanol–water partition coefficient (Wildman–Crippen LogP) is 2.30. The number of H-pyrrole nitrogens is 1. The van der Waals surface area contributed by atoms with Gasteiger partial charge in [-0.25, -0.2) is 13.4 Å². The zero-order chi connectivity index (χ0) is 14.9. The molecule has 0 unspecified atom stereocenters. The van der Waals surface area contributed by atoms with Gasteiger partial charge in [0.05, 0.1) is 5.69 Å². The average molecular weight is 379 g/mol. The Labute approximate surface area is 128 Å². The number of aryl methyl sites for hydroxylation is 1. The minimum absolute atomic E-state index is 0.149. The van der Waals surface area contributed by atoms with Crippen LogP contribution in [-0.4, -0.2) is 18.4 Å². The molecule has 2 N–H and O–H groups in total. The minimum Gasteiger partial charge on any atom is -0.326 e. The summed E-state index contributed by atoms with van der Waals surface area (Å²) in [6.45, 7) is 1.73. The molecule has 0 atom stereocenters. The molecule has 20 heavy (non-hydrogen) atoms. The third-order valence-corrected chi connectivity index (χ3v) is 4.86. The van der Waals surface area contributed by atoms with E-state index in [0.717, 1.165) is 16.7 Å². The summed E-state index contributed by atoms with van der Waals surface area (Å²) in [6, 6.07) is 4.27. The fourth-order valence-electron chi connectivity index (χ4n) is 1.39. The molecule has 0 spiro atoms. The normalized spacial score (nSPS) is 11.3. The third-order valence-electron chi connectivity index (χ3n) is 2.40. The van der Waals surface area contributed by atoms with Crippen molar-refractivity contribution in [3.8, 4) is 0 Å². The van der Waals surface area contributed by atoms with Crippen molar-refractivity contribution < 1.29 is 8.42 Å². The maximum atomic E-state index is 12.1. The van der Waals surface area contributed by atoms with Crippen molar-refractivity contribution in [3.05, 3.63) is 49.9 Å². The first-order chi connectivity index (χ1) is 9.29. The van der Waals surface area contributed by atoms with Crippen LogP contribution in [0.1, 0.15) is 5.69 Å². The van der Waals surface area contributed by atoms with Crippen LogP contribution in [0.4, 0.5) is 5.82 Å². The van der Waals surface area contributed by atoms with Gasteiger partial charge < -0.3 is 4.98 Å². The maximum Gasteiger partial charge on any atom is 0.266 e. The molecule has 0 aliphatic rings. The Kier molecular flexibility index (Phi) is 4.17. The van der Waals surface area contributed by atoms with Crippen LogP contribution in [0.3, 0.4) is 0 Å². The first kappa shape index (κ1) is 15.0. The summed E-state index contributed by atoms with van der Waals surface area (Å²) in [4.78, 5) is 17.3. The topological polar surface area (TPSA) is 91.9 Å². The van der Waals surface area contributed by atoms with E-state index in [0.29, 0.717) is 5.69 Å². The summed E-state index contributed by atoms with van der Waals surface area (Å²) in [5.74, 6) is 0.174. The van der Waals surface area contributed by atoms with E-state index in [-0.39, 0.29) is 15.7 Å². The zero-order valence-corrected chi connectivity index (χ0v) is 13.3. The van der Waals surface area contributed by atoms with Gasteiger partial charge in [-0.15, -0.1) is 0 Å². The molecule has 2 aromatic heterocycles. The number of rotatable bonds is 3. The van der Waals surface area contributed by atoms with E-state index in [1.807, 2.05) is 0 Å². The third kappa shape index (κ3) is 3.20. The first-order valence-corrected chi connectivity index (χ1v) is 7.99. The second-order valence-corrected chi connectivity index (χ2v) is 6.83. The quantitative estimate of drug-likeness (QED) is 0.857. The van der Waals surface area contributed by atoms with E-state index >= 15 is 0 Å². The Morgan fingerprint density at radius 3 is 2.70 bits per heavy atom. The van der Waals surface area contributed by atoms with E-state index in [1.54, 1.807) is 13.0 Å². The van der Waals surface area contributed by atoms with Crippen molar-refractivity contribution >= 4 is 43.4 Å². The smallest absolute Gasteiger partial charge is 0.266 e. The van der Waals surface area contributed by atoms with E-state index in [9.17, 15) is 13.2 Å². The highest BCUT2D eigenvalue weighted by atomic mass is 79.9. The fraction of sp³-hybridized carbons (Fsp3) is 0.0909. The summed E-state index contributed by atoms with van der Waals surface area (Å²) in [5.41, 5.74) is 0.0907. The van der Waals surface area contributed by atoms with Crippen molar-refractivity contribution in [1.29, 1.82) is 0 Å². The van der Waals surface area contributed by atoms with Gasteiger partial charge >= 0.3 is 0 Å². The summed E-state index contributed by atoms with van der Waals surface area (Å²) in [7, 11) is -3.86. The van der Waals surface area contributed by atoms with E-state index < -0.39 is 15.6 Å². The van der Waals surface area contributed by atoms with Crippen LogP contribution < -0.4 is 10.3 Å². The maximum absolute atomic E-state index is 12.1. The molecule has 0 aliphatic heterocycles. The van der Waals surface area contributed by atoms with Crippen LogP contribution in [0.15, 0.2) is 38.6 Å². The monoisotopic (exact) mass is 377 g/mol. The molecular formula is C11H9BrClN3O3S. The van der Waals surface area contributed by atoms with Gasteiger partial charge in [0.2, 0.25) is 0 Å². The van der Waals surface area contributed by atoms with Crippen LogP contribution in [0.2, 0.25) is 5.02 Å². The van der Waals surface area contributed by atoms with Gasteiger partial charge in [0.1, 0.15) is 15.7 Å². The number of halogens is 2. The van der Waals surface area contributed by atoms with Crippen molar-refractivity contribution in [1.82, 2.24) is 9.97 Å². The minimum atomic E-state index is -3.86. The largest absolute Gasteiger partial charge is 0.326 e. The van der Waals surface area contributed by atoms with Crippen LogP contribution >= 0.6 is 27.5 Å². The van der Waals surface area contributed by atoms with Crippen LogP contribution in [0.25, 0.3) is 0 Å². The fourth-order valence-corrected chi connectivity index (χ4v) is 2.84. The van der Waals surface area contributed by atoms with Gasteiger partial charge in [0, 0.05) is 10.7 Å². The molecule has 0 aliphatic carbocycles. The molecule has 2 rings (SSSR count). The summed E-state index contributed by atoms with van der Waals surface area (Å²) >= 11 is 8.89.